The fourth-order valence-corrected chi connectivity index (χ4v) is 1.61. The SMILES string of the molecule is [C-]#[N+]c1ccc(-c2nnc(C(N)CC)c(=O)[nH]2)cc1. The zero-order chi connectivity index (χ0) is 13.8. The standard InChI is InChI=1S/C13H13N5O/c1-3-10(14)11-13(19)16-12(18-17-11)8-4-6-9(15-2)7-5-8/h4-7,10H,3,14H2,1H3,(H,16,18,19). The molecule has 0 spiro atoms. The fourth-order valence-electron chi connectivity index (χ4n) is 1.61. The van der Waals surface area contributed by atoms with E-state index >= 15 is 0 Å². The van der Waals surface area contributed by atoms with Crippen LogP contribution in [0.5, 0.6) is 0 Å². The zero-order valence-electron chi connectivity index (χ0n) is 10.4. The van der Waals surface area contributed by atoms with Crippen LogP contribution in [0.2, 0.25) is 0 Å². The number of nitrogens with zero attached hydrogens (tertiary/aromatic N) is 3. The summed E-state index contributed by atoms with van der Waals surface area (Å²) in [6, 6.07) is 6.34. The third kappa shape index (κ3) is 2.67. The molecule has 0 aliphatic heterocycles. The van der Waals surface area contributed by atoms with E-state index in [1.165, 1.54) is 0 Å². The monoisotopic (exact) mass is 255 g/mol. The third-order valence-electron chi connectivity index (χ3n) is 2.78. The molecule has 6 nitrogen and oxygen atoms in total. The smallest absolute Gasteiger partial charge is 0.274 e. The molecule has 0 aliphatic rings. The Morgan fingerprint density at radius 3 is 2.58 bits per heavy atom. The highest BCUT2D eigenvalue weighted by Crippen LogP contribution is 2.18. The van der Waals surface area contributed by atoms with Crippen LogP contribution in [0, 0.1) is 6.57 Å². The molecule has 2 aromatic rings. The molecular formula is C13H13N5O. The molecule has 0 radical (unpaired) electrons. The quantitative estimate of drug-likeness (QED) is 0.818. The van der Waals surface area contributed by atoms with E-state index in [-0.39, 0.29) is 11.3 Å². The number of rotatable bonds is 3. The van der Waals surface area contributed by atoms with E-state index < -0.39 is 6.04 Å². The van der Waals surface area contributed by atoms with E-state index in [1.807, 2.05) is 6.92 Å². The van der Waals surface area contributed by atoms with Crippen LogP contribution in [-0.4, -0.2) is 15.2 Å². The van der Waals surface area contributed by atoms with Gasteiger partial charge in [0.25, 0.3) is 5.56 Å². The van der Waals surface area contributed by atoms with Crippen molar-refractivity contribution in [3.63, 3.8) is 0 Å². The minimum absolute atomic E-state index is 0.240. The van der Waals surface area contributed by atoms with E-state index in [0.29, 0.717) is 23.5 Å². The first-order valence-corrected chi connectivity index (χ1v) is 5.86. The van der Waals surface area contributed by atoms with Crippen LogP contribution >= 0.6 is 0 Å². The number of hydrogen-bond acceptors (Lipinski definition) is 4. The molecule has 3 N–H and O–H groups in total. The molecule has 1 heterocycles. The van der Waals surface area contributed by atoms with Crippen molar-refractivity contribution >= 4 is 5.69 Å². The number of hydrogen-bond donors (Lipinski definition) is 2. The first-order valence-electron chi connectivity index (χ1n) is 5.86. The van der Waals surface area contributed by atoms with Gasteiger partial charge >= 0.3 is 0 Å². The molecule has 1 unspecified atom stereocenters. The van der Waals surface area contributed by atoms with E-state index in [1.54, 1.807) is 24.3 Å². The Hall–Kier alpha value is -2.52. The van der Waals surface area contributed by atoms with Crippen molar-refractivity contribution in [2.45, 2.75) is 19.4 Å². The first-order chi connectivity index (χ1) is 9.15. The number of nitrogens with two attached hydrogens (primary N) is 1. The summed E-state index contributed by atoms with van der Waals surface area (Å²) in [5, 5.41) is 7.86. The van der Waals surface area contributed by atoms with Crippen LogP contribution in [-0.2, 0) is 0 Å². The molecule has 19 heavy (non-hydrogen) atoms. The Morgan fingerprint density at radius 2 is 2.05 bits per heavy atom. The van der Waals surface area contributed by atoms with E-state index in [2.05, 4.69) is 20.0 Å². The van der Waals surface area contributed by atoms with Crippen LogP contribution in [0.1, 0.15) is 25.1 Å². The van der Waals surface area contributed by atoms with Gasteiger partial charge in [0.05, 0.1) is 12.6 Å². The second-order valence-corrected chi connectivity index (χ2v) is 4.06. The predicted octanol–water partition coefficient (Wildman–Crippen LogP) is 1.79. The predicted molar refractivity (Wildman–Crippen MR) is 71.6 cm³/mol. The average Bonchev–Trinajstić information content (AvgIpc) is 2.46. The molecule has 0 bridgehead atoms. The van der Waals surface area contributed by atoms with Gasteiger partial charge in [-0.05, 0) is 6.42 Å². The van der Waals surface area contributed by atoms with Crippen LogP contribution in [0.4, 0.5) is 5.69 Å². The maximum Gasteiger partial charge on any atom is 0.274 e. The summed E-state index contributed by atoms with van der Waals surface area (Å²) < 4.78 is 0. The van der Waals surface area contributed by atoms with Crippen LogP contribution in [0.25, 0.3) is 16.2 Å². The molecule has 0 saturated carbocycles. The van der Waals surface area contributed by atoms with Crippen molar-refractivity contribution in [3.8, 4) is 11.4 Å². The molecule has 2 rings (SSSR count). The van der Waals surface area contributed by atoms with Crippen LogP contribution in [0.15, 0.2) is 29.1 Å². The van der Waals surface area contributed by atoms with E-state index in [4.69, 9.17) is 12.3 Å². The summed E-state index contributed by atoms with van der Waals surface area (Å²) in [5.41, 5.74) is 6.91. The highest BCUT2D eigenvalue weighted by atomic mass is 16.1. The summed E-state index contributed by atoms with van der Waals surface area (Å²) in [7, 11) is 0. The van der Waals surface area contributed by atoms with Crippen LogP contribution in [0.3, 0.4) is 0 Å². The van der Waals surface area contributed by atoms with E-state index in [0.717, 1.165) is 0 Å². The topological polar surface area (TPSA) is 89.0 Å². The molecule has 6 heteroatoms. The number of aromatic nitrogens is 3. The summed E-state index contributed by atoms with van der Waals surface area (Å²) >= 11 is 0. The van der Waals surface area contributed by atoms with Gasteiger partial charge in [-0.3, -0.25) is 4.79 Å². The number of aromatic amines is 1. The Morgan fingerprint density at radius 1 is 1.37 bits per heavy atom. The lowest BCUT2D eigenvalue weighted by atomic mass is 10.1. The lowest BCUT2D eigenvalue weighted by molar-refractivity contribution is 0.645. The van der Waals surface area contributed by atoms with Crippen molar-refractivity contribution in [3.05, 3.63) is 51.7 Å². The maximum atomic E-state index is 11.9. The summed E-state index contributed by atoms with van der Waals surface area (Å²) in [6.07, 6.45) is 0.622. The molecule has 1 atom stereocenters. The molecule has 1 aromatic heterocycles. The Kier molecular flexibility index (Phi) is 3.68. The molecule has 1 aromatic carbocycles. The van der Waals surface area contributed by atoms with Crippen molar-refractivity contribution in [1.82, 2.24) is 15.2 Å². The minimum Gasteiger partial charge on any atom is -0.322 e. The van der Waals surface area contributed by atoms with Crippen molar-refractivity contribution in [1.29, 1.82) is 0 Å². The summed E-state index contributed by atoms with van der Waals surface area (Å²) in [6.45, 7) is 8.75. The van der Waals surface area contributed by atoms with E-state index in [9.17, 15) is 4.79 Å². The molecule has 96 valence electrons. The average molecular weight is 255 g/mol. The summed E-state index contributed by atoms with van der Waals surface area (Å²) in [4.78, 5) is 17.8. The maximum absolute atomic E-state index is 11.9. The Bertz CT molecular complexity index is 669. The van der Waals surface area contributed by atoms with Gasteiger partial charge in [-0.15, -0.1) is 10.2 Å². The Balaban J connectivity index is 2.39. The zero-order valence-corrected chi connectivity index (χ0v) is 10.4. The Labute approximate surface area is 110 Å². The highest BCUT2D eigenvalue weighted by Gasteiger charge is 2.12. The minimum atomic E-state index is -0.408. The highest BCUT2D eigenvalue weighted by molar-refractivity contribution is 5.59. The first kappa shape index (κ1) is 12.9. The van der Waals surface area contributed by atoms with Crippen LogP contribution < -0.4 is 11.3 Å². The van der Waals surface area contributed by atoms with Crippen molar-refractivity contribution in [2.24, 2.45) is 5.73 Å². The molecule has 0 saturated heterocycles. The van der Waals surface area contributed by atoms with Gasteiger partial charge in [0.2, 0.25) is 0 Å². The van der Waals surface area contributed by atoms with Gasteiger partial charge in [-0.1, -0.05) is 31.2 Å². The lowest BCUT2D eigenvalue weighted by Gasteiger charge is -2.06. The second-order valence-electron chi connectivity index (χ2n) is 4.06. The third-order valence-corrected chi connectivity index (χ3v) is 2.78. The number of benzene rings is 1. The van der Waals surface area contributed by atoms with Gasteiger partial charge in [-0.25, -0.2) is 4.85 Å². The van der Waals surface area contributed by atoms with Gasteiger partial charge in [-0.2, -0.15) is 0 Å². The molecular weight excluding hydrogens is 242 g/mol. The fraction of sp³-hybridized carbons (Fsp3) is 0.231. The van der Waals surface area contributed by atoms with Crippen molar-refractivity contribution < 1.29 is 0 Å². The summed E-state index contributed by atoms with van der Waals surface area (Å²) in [5.74, 6) is 0.369. The lowest BCUT2D eigenvalue weighted by Crippen LogP contribution is -2.24. The molecule has 0 fully saturated rings. The van der Waals surface area contributed by atoms with Gasteiger partial charge in [0, 0.05) is 5.56 Å². The molecule has 0 aliphatic carbocycles. The number of nitrogens with one attached hydrogen (secondary N) is 1. The largest absolute Gasteiger partial charge is 0.322 e. The molecule has 0 amide bonds. The van der Waals surface area contributed by atoms with Crippen molar-refractivity contribution in [2.75, 3.05) is 0 Å². The van der Waals surface area contributed by atoms with Gasteiger partial charge in [0.1, 0.15) is 5.69 Å². The number of H-pyrrole nitrogens is 1. The normalized spacial score (nSPS) is 11.8. The second kappa shape index (κ2) is 5.42. The van der Waals surface area contributed by atoms with Gasteiger partial charge < -0.3 is 10.7 Å². The van der Waals surface area contributed by atoms with Gasteiger partial charge in [0.15, 0.2) is 11.5 Å².